The molecule has 0 rings (SSSR count). The van der Waals surface area contributed by atoms with Crippen LogP contribution < -0.4 is 90.7 Å². The molecule has 0 bridgehead atoms. The molecule has 0 aromatic rings. The van der Waals surface area contributed by atoms with Crippen molar-refractivity contribution in [3.8, 4) is 0 Å². The third-order valence-corrected chi connectivity index (χ3v) is 7.30. The molecule has 2 atom stereocenters. The van der Waals surface area contributed by atoms with Crippen LogP contribution in [-0.2, 0) is 47.4 Å². The Balaban J connectivity index is -0.000000387. The Kier molecular flexibility index (Phi) is 43.9. The molecular formula is C32H68KNaO12P2. The average Bonchev–Trinajstić information content (AvgIpc) is 2.96. The van der Waals surface area contributed by atoms with Crippen LogP contribution in [0.2, 0.25) is 0 Å². The van der Waals surface area contributed by atoms with E-state index < -0.39 is 26.8 Å². The Hall–Kier alpha value is 2.70. The summed E-state index contributed by atoms with van der Waals surface area (Å²) >= 11 is 0. The van der Waals surface area contributed by atoms with Gasteiger partial charge in [0.05, 0.1) is 24.4 Å². The fourth-order valence-electron chi connectivity index (χ4n) is 3.84. The molecule has 2 unspecified atom stereocenters. The number of hydrogen-bond acceptors (Lipinski definition) is 12. The minimum absolute atomic E-state index is 0. The van der Waals surface area contributed by atoms with E-state index >= 15 is 0 Å². The van der Waals surface area contributed by atoms with Gasteiger partial charge in [-0.15, -0.1) is 0 Å². The average molecular weight is 769 g/mol. The van der Waals surface area contributed by atoms with Crippen LogP contribution in [0.3, 0.4) is 0 Å². The zero-order valence-electron chi connectivity index (χ0n) is 32.3. The summed E-state index contributed by atoms with van der Waals surface area (Å²) < 4.78 is 39.6. The molecule has 16 heteroatoms. The van der Waals surface area contributed by atoms with Gasteiger partial charge in [0.25, 0.3) is 0 Å². The van der Waals surface area contributed by atoms with Gasteiger partial charge >= 0.3 is 96.6 Å². The first-order valence-corrected chi connectivity index (χ1v) is 20.4. The van der Waals surface area contributed by atoms with Crippen molar-refractivity contribution >= 4 is 15.6 Å². The van der Waals surface area contributed by atoms with E-state index in [0.717, 1.165) is 38.5 Å². The van der Waals surface area contributed by atoms with Crippen LogP contribution in [0.1, 0.15) is 184 Å². The molecule has 48 heavy (non-hydrogen) atoms. The van der Waals surface area contributed by atoms with E-state index in [-0.39, 0.29) is 94.2 Å². The molecule has 0 heterocycles. The van der Waals surface area contributed by atoms with Crippen molar-refractivity contribution in [1.82, 2.24) is 0 Å². The summed E-state index contributed by atoms with van der Waals surface area (Å²) in [6.45, 7) is 14.9. The van der Waals surface area contributed by atoms with Crippen molar-refractivity contribution in [3.63, 3.8) is 0 Å². The molecule has 0 aliphatic rings. The summed E-state index contributed by atoms with van der Waals surface area (Å²) in [6.07, 6.45) is 24.0. The molecule has 0 N–H and O–H groups in total. The number of phosphoric acid groups is 2. The molecule has 0 saturated carbocycles. The van der Waals surface area contributed by atoms with Gasteiger partial charge in [-0.25, -0.2) is 19.6 Å². The minimum Gasteiger partial charge on any atom is -0.753 e. The summed E-state index contributed by atoms with van der Waals surface area (Å²) in [5.74, 6) is 0. The topological polar surface area (TPSA) is 154 Å². The number of hydrogen-bond donors (Lipinski definition) is 0. The minimum atomic E-state index is -4.56. The van der Waals surface area contributed by atoms with E-state index in [0.29, 0.717) is 0 Å². The van der Waals surface area contributed by atoms with Crippen LogP contribution in [0.4, 0.5) is 0 Å². The van der Waals surface area contributed by atoms with Crippen molar-refractivity contribution < 1.29 is 138 Å². The molecule has 0 aliphatic heterocycles. The maximum Gasteiger partial charge on any atom is 1.00 e. The second-order valence-electron chi connectivity index (χ2n) is 13.6. The van der Waals surface area contributed by atoms with E-state index in [2.05, 4.69) is 52.1 Å². The summed E-state index contributed by atoms with van der Waals surface area (Å²) in [4.78, 5) is 41.2. The molecule has 0 amide bonds. The van der Waals surface area contributed by atoms with Gasteiger partial charge in [0.1, 0.15) is 0 Å². The molecule has 280 valence electrons. The first-order chi connectivity index (χ1) is 21.5. The van der Waals surface area contributed by atoms with Gasteiger partial charge in [-0.2, -0.15) is 18.7 Å². The standard InChI is InChI=1S/2C16H35O6P.K.Na/c2*1-5-6-7-8-9-10-11-12-13-14-15-19-21-23(17,18)22-20-16(2,3)4;;/h2*5-15H2,1-4H3,(H,17,18);;/q;;2*+1/p-2. The molecule has 0 saturated heterocycles. The fourth-order valence-corrected chi connectivity index (χ4v) is 4.93. The summed E-state index contributed by atoms with van der Waals surface area (Å²) in [6, 6.07) is 0. The smallest absolute Gasteiger partial charge is 0.753 e. The van der Waals surface area contributed by atoms with Crippen molar-refractivity contribution in [1.29, 1.82) is 0 Å². The molecule has 12 nitrogen and oxygen atoms in total. The molecule has 0 aliphatic carbocycles. The van der Waals surface area contributed by atoms with Gasteiger partial charge in [-0.05, 0) is 54.4 Å². The third-order valence-electron chi connectivity index (χ3n) is 6.21. The van der Waals surface area contributed by atoms with Gasteiger partial charge in [0.2, 0.25) is 0 Å². The van der Waals surface area contributed by atoms with Crippen LogP contribution >= 0.6 is 15.6 Å². The predicted molar refractivity (Wildman–Crippen MR) is 177 cm³/mol. The first-order valence-electron chi connectivity index (χ1n) is 17.5. The Morgan fingerprint density at radius 1 is 0.438 bits per heavy atom. The van der Waals surface area contributed by atoms with Gasteiger partial charge in [-0.1, -0.05) is 129 Å². The Morgan fingerprint density at radius 2 is 0.667 bits per heavy atom. The second-order valence-corrected chi connectivity index (χ2v) is 16.0. The van der Waals surface area contributed by atoms with Crippen molar-refractivity contribution in [2.45, 2.75) is 195 Å². The zero-order chi connectivity index (χ0) is 35.2. The SMILES string of the molecule is CCCCCCCCCCCCOOP(=O)([O-])OOC(C)(C)C.CCCCCCCCCCCCOOP(=O)([O-])OOC(C)(C)C.[K+].[Na+]. The normalized spacial score (nSPS) is 14.2. The third kappa shape index (κ3) is 50.8. The van der Waals surface area contributed by atoms with Gasteiger partial charge < -0.3 is 9.79 Å². The van der Waals surface area contributed by atoms with Crippen molar-refractivity contribution in [2.24, 2.45) is 0 Å². The Morgan fingerprint density at radius 3 is 0.896 bits per heavy atom. The Labute approximate surface area is 358 Å². The Bertz CT molecular complexity index is 708. The molecular weight excluding hydrogens is 700 g/mol. The summed E-state index contributed by atoms with van der Waals surface area (Å²) in [5.41, 5.74) is -1.47. The molecule has 0 radical (unpaired) electrons. The first kappa shape index (κ1) is 57.4. The quantitative estimate of drug-likeness (QED) is 0.0339. The fraction of sp³-hybridized carbons (Fsp3) is 1.00. The van der Waals surface area contributed by atoms with E-state index in [1.807, 2.05) is 0 Å². The maximum atomic E-state index is 11.3. The van der Waals surface area contributed by atoms with Crippen molar-refractivity contribution in [2.75, 3.05) is 13.2 Å². The zero-order valence-corrected chi connectivity index (χ0v) is 39.3. The second kappa shape index (κ2) is 36.7. The maximum absolute atomic E-state index is 11.3. The van der Waals surface area contributed by atoms with E-state index in [1.54, 1.807) is 41.5 Å². The van der Waals surface area contributed by atoms with Crippen LogP contribution in [-0.4, -0.2) is 24.4 Å². The monoisotopic (exact) mass is 768 g/mol. The van der Waals surface area contributed by atoms with Crippen molar-refractivity contribution in [3.05, 3.63) is 0 Å². The molecule has 0 aromatic carbocycles. The number of unbranched alkanes of at least 4 members (excludes halogenated alkanes) is 18. The van der Waals surface area contributed by atoms with Gasteiger partial charge in [-0.3, -0.25) is 9.13 Å². The summed E-state index contributed by atoms with van der Waals surface area (Å²) in [5, 5.41) is 0. The van der Waals surface area contributed by atoms with E-state index in [9.17, 15) is 18.9 Å². The molecule has 0 spiro atoms. The summed E-state index contributed by atoms with van der Waals surface area (Å²) in [7, 11) is -9.13. The molecule has 0 fully saturated rings. The van der Waals surface area contributed by atoms with Crippen LogP contribution in [0.15, 0.2) is 0 Å². The van der Waals surface area contributed by atoms with E-state index in [4.69, 9.17) is 0 Å². The van der Waals surface area contributed by atoms with Crippen LogP contribution in [0.25, 0.3) is 0 Å². The van der Waals surface area contributed by atoms with Crippen LogP contribution in [0, 0.1) is 0 Å². The predicted octanol–water partition coefficient (Wildman–Crippen LogP) is 4.15. The molecule has 0 aromatic heterocycles. The van der Waals surface area contributed by atoms with Crippen LogP contribution in [0.5, 0.6) is 0 Å². The number of rotatable bonds is 30. The van der Waals surface area contributed by atoms with E-state index in [1.165, 1.54) is 89.9 Å². The van der Waals surface area contributed by atoms with Gasteiger partial charge in [0.15, 0.2) is 0 Å². The van der Waals surface area contributed by atoms with Gasteiger partial charge in [0, 0.05) is 0 Å². The largest absolute Gasteiger partial charge is 1.00 e.